The van der Waals surface area contributed by atoms with Gasteiger partial charge < -0.3 is 19.3 Å². The van der Waals surface area contributed by atoms with Crippen molar-refractivity contribution in [1.82, 2.24) is 9.80 Å². The smallest absolute Gasteiger partial charge is 0.406 e. The zero-order chi connectivity index (χ0) is 26.6. The third kappa shape index (κ3) is 9.03. The van der Waals surface area contributed by atoms with E-state index >= 15 is 0 Å². The van der Waals surface area contributed by atoms with Gasteiger partial charge >= 0.3 is 12.2 Å². The maximum Gasteiger partial charge on any atom is 0.415 e. The summed E-state index contributed by atoms with van der Waals surface area (Å²) in [5, 5.41) is 1.16. The summed E-state index contributed by atoms with van der Waals surface area (Å²) in [5.41, 5.74) is 1.58. The first-order valence-electron chi connectivity index (χ1n) is 12.2. The Morgan fingerprint density at radius 2 is 1.36 bits per heavy atom. The van der Waals surface area contributed by atoms with Crippen molar-refractivity contribution in [3.63, 3.8) is 0 Å². The first-order chi connectivity index (χ1) is 17.2. The van der Waals surface area contributed by atoms with Gasteiger partial charge in [-0.3, -0.25) is 0 Å². The van der Waals surface area contributed by atoms with Crippen LogP contribution in [0.25, 0.3) is 6.08 Å². The van der Waals surface area contributed by atoms with E-state index in [1.54, 1.807) is 6.07 Å². The second-order valence-electron chi connectivity index (χ2n) is 8.05. The van der Waals surface area contributed by atoms with Crippen LogP contribution in [-0.2, 0) is 16.3 Å². The largest absolute Gasteiger partial charge is 0.415 e. The standard InChI is InChI=1S/C27H36N2O6S/c1-5-28(6-2)26(30)34-24-17-16-23(21-25(24)35-27(31)29(7-3)8-4)18-20-36(32,33)19-12-15-22-13-10-9-11-14-22/h9-11,13-14,16-18,20-21H,5-8,12,15,19H2,1-4H3/b20-18+. The van der Waals surface area contributed by atoms with E-state index in [4.69, 9.17) is 9.47 Å². The minimum absolute atomic E-state index is 0.0156. The van der Waals surface area contributed by atoms with Gasteiger partial charge in [-0.25, -0.2) is 18.0 Å². The lowest BCUT2D eigenvalue weighted by Gasteiger charge is -2.21. The Morgan fingerprint density at radius 3 is 1.92 bits per heavy atom. The van der Waals surface area contributed by atoms with Crippen molar-refractivity contribution in [2.45, 2.75) is 40.5 Å². The van der Waals surface area contributed by atoms with Gasteiger partial charge in [0.15, 0.2) is 21.3 Å². The van der Waals surface area contributed by atoms with E-state index in [9.17, 15) is 18.0 Å². The van der Waals surface area contributed by atoms with Crippen LogP contribution >= 0.6 is 0 Å². The fourth-order valence-electron chi connectivity index (χ4n) is 3.45. The highest BCUT2D eigenvalue weighted by Crippen LogP contribution is 2.30. The average Bonchev–Trinajstić information content (AvgIpc) is 2.86. The van der Waals surface area contributed by atoms with E-state index in [2.05, 4.69) is 0 Å². The van der Waals surface area contributed by atoms with Crippen LogP contribution in [-0.4, -0.2) is 62.3 Å². The monoisotopic (exact) mass is 516 g/mol. The summed E-state index contributed by atoms with van der Waals surface area (Å²) in [6.45, 7) is 9.15. The Bertz CT molecular complexity index is 1120. The molecule has 0 fully saturated rings. The molecule has 0 aliphatic heterocycles. The molecule has 0 spiro atoms. The minimum Gasteiger partial charge on any atom is -0.406 e. The van der Waals surface area contributed by atoms with Gasteiger partial charge in [0, 0.05) is 31.6 Å². The third-order valence-corrected chi connectivity index (χ3v) is 7.02. The molecule has 0 atom stereocenters. The van der Waals surface area contributed by atoms with E-state index < -0.39 is 22.0 Å². The number of carbonyl (C=O) groups is 2. The molecule has 0 saturated heterocycles. The lowest BCUT2D eigenvalue weighted by atomic mass is 10.1. The van der Waals surface area contributed by atoms with Crippen molar-refractivity contribution in [2.24, 2.45) is 0 Å². The van der Waals surface area contributed by atoms with Crippen LogP contribution in [0.2, 0.25) is 0 Å². The van der Waals surface area contributed by atoms with Crippen molar-refractivity contribution in [3.8, 4) is 11.5 Å². The predicted octanol–water partition coefficient (Wildman–Crippen LogP) is 5.39. The second kappa shape index (κ2) is 14.3. The Kier molecular flexibility index (Phi) is 11.5. The number of amides is 2. The number of hydrogen-bond donors (Lipinski definition) is 0. The molecule has 0 bridgehead atoms. The zero-order valence-electron chi connectivity index (χ0n) is 21.5. The van der Waals surface area contributed by atoms with Gasteiger partial charge in [-0.15, -0.1) is 0 Å². The summed E-state index contributed by atoms with van der Waals surface area (Å²) in [7, 11) is -3.44. The highest BCUT2D eigenvalue weighted by atomic mass is 32.2. The van der Waals surface area contributed by atoms with Gasteiger partial charge in [-0.2, -0.15) is 0 Å². The molecule has 0 N–H and O–H groups in total. The number of rotatable bonds is 12. The molecular formula is C27H36N2O6S. The molecule has 0 aliphatic rings. The van der Waals surface area contributed by atoms with Gasteiger partial charge in [-0.1, -0.05) is 36.4 Å². The number of aryl methyl sites for hydroxylation is 1. The summed E-state index contributed by atoms with van der Waals surface area (Å²) in [6, 6.07) is 14.3. The summed E-state index contributed by atoms with van der Waals surface area (Å²) in [6.07, 6.45) is 1.47. The van der Waals surface area contributed by atoms with Crippen LogP contribution in [0, 0.1) is 0 Å². The van der Waals surface area contributed by atoms with E-state index in [1.807, 2.05) is 58.0 Å². The van der Waals surface area contributed by atoms with Crippen molar-refractivity contribution >= 4 is 28.1 Å². The van der Waals surface area contributed by atoms with E-state index in [0.29, 0.717) is 44.6 Å². The molecule has 2 aromatic carbocycles. The lowest BCUT2D eigenvalue weighted by molar-refractivity contribution is 0.146. The topological polar surface area (TPSA) is 93.2 Å². The lowest BCUT2D eigenvalue weighted by Crippen LogP contribution is -2.34. The molecule has 0 aliphatic carbocycles. The molecule has 0 aromatic heterocycles. The van der Waals surface area contributed by atoms with Crippen molar-refractivity contribution in [1.29, 1.82) is 0 Å². The van der Waals surface area contributed by atoms with Crippen molar-refractivity contribution in [3.05, 3.63) is 65.1 Å². The van der Waals surface area contributed by atoms with Crippen LogP contribution in [0.15, 0.2) is 53.9 Å². The fraction of sp³-hybridized carbons (Fsp3) is 0.407. The summed E-state index contributed by atoms with van der Waals surface area (Å²) >= 11 is 0. The van der Waals surface area contributed by atoms with Gasteiger partial charge in [0.2, 0.25) is 0 Å². The summed E-state index contributed by atoms with van der Waals surface area (Å²) in [4.78, 5) is 28.0. The van der Waals surface area contributed by atoms with E-state index in [1.165, 1.54) is 28.0 Å². The second-order valence-corrected chi connectivity index (χ2v) is 10.1. The number of hydrogen-bond acceptors (Lipinski definition) is 6. The number of benzene rings is 2. The SMILES string of the molecule is CCN(CC)C(=O)Oc1ccc(/C=C/S(=O)(=O)CCCc2ccccc2)cc1OC(=O)N(CC)CC. The maximum atomic E-state index is 12.6. The van der Waals surface area contributed by atoms with Gasteiger partial charge in [-0.05, 0) is 69.9 Å². The first kappa shape index (κ1) is 28.9. The Labute approximate surface area is 214 Å². The molecule has 0 saturated carbocycles. The molecule has 2 amide bonds. The molecule has 36 heavy (non-hydrogen) atoms. The van der Waals surface area contributed by atoms with Crippen molar-refractivity contribution < 1.29 is 27.5 Å². The maximum absolute atomic E-state index is 12.6. The highest BCUT2D eigenvalue weighted by molar-refractivity contribution is 7.94. The molecular weight excluding hydrogens is 480 g/mol. The Balaban J connectivity index is 2.20. The van der Waals surface area contributed by atoms with E-state index in [0.717, 1.165) is 11.0 Å². The zero-order valence-corrected chi connectivity index (χ0v) is 22.3. The number of sulfone groups is 1. The Hall–Kier alpha value is -3.33. The minimum atomic E-state index is -3.44. The molecule has 196 valence electrons. The molecule has 9 heteroatoms. The van der Waals surface area contributed by atoms with Crippen LogP contribution in [0.5, 0.6) is 11.5 Å². The number of carbonyl (C=O) groups excluding carboxylic acids is 2. The van der Waals surface area contributed by atoms with Crippen LogP contribution in [0.4, 0.5) is 9.59 Å². The summed E-state index contributed by atoms with van der Waals surface area (Å²) in [5.74, 6) is 0.133. The van der Waals surface area contributed by atoms with Gasteiger partial charge in [0.05, 0.1) is 5.75 Å². The van der Waals surface area contributed by atoms with E-state index in [-0.39, 0.29) is 17.3 Å². The molecule has 0 radical (unpaired) electrons. The van der Waals surface area contributed by atoms with Crippen LogP contribution < -0.4 is 9.47 Å². The average molecular weight is 517 g/mol. The van der Waals surface area contributed by atoms with Crippen LogP contribution in [0.3, 0.4) is 0 Å². The Morgan fingerprint density at radius 1 is 0.806 bits per heavy atom. The number of ether oxygens (including phenoxy) is 2. The number of nitrogens with zero attached hydrogens (tertiary/aromatic N) is 2. The van der Waals surface area contributed by atoms with Crippen LogP contribution in [0.1, 0.15) is 45.2 Å². The summed E-state index contributed by atoms with van der Waals surface area (Å²) < 4.78 is 36.1. The molecule has 2 aromatic rings. The third-order valence-electron chi connectivity index (χ3n) is 5.61. The highest BCUT2D eigenvalue weighted by Gasteiger charge is 2.19. The molecule has 2 rings (SSSR count). The van der Waals surface area contributed by atoms with Gasteiger partial charge in [0.1, 0.15) is 0 Å². The predicted molar refractivity (Wildman–Crippen MR) is 142 cm³/mol. The quantitative estimate of drug-likeness (QED) is 0.376. The fourth-order valence-corrected chi connectivity index (χ4v) is 4.49. The molecule has 0 unspecified atom stereocenters. The van der Waals surface area contributed by atoms with Gasteiger partial charge in [0.25, 0.3) is 0 Å². The molecule has 8 nitrogen and oxygen atoms in total. The normalized spacial score (nSPS) is 11.3. The molecule has 0 heterocycles. The van der Waals surface area contributed by atoms with Crippen molar-refractivity contribution in [2.75, 3.05) is 31.9 Å². The first-order valence-corrected chi connectivity index (χ1v) is 14.0.